The molecule has 0 atom stereocenters. The molecule has 0 radical (unpaired) electrons. The molecule has 1 aliphatic heterocycles. The Balaban J connectivity index is 1.57. The molecule has 4 rings (SSSR count). The largest absolute Gasteiger partial charge is 0.337 e. The van der Waals surface area contributed by atoms with Crippen molar-refractivity contribution in [3.63, 3.8) is 0 Å². The molecular weight excluding hydrogens is 372 g/mol. The highest BCUT2D eigenvalue weighted by molar-refractivity contribution is 5.93. The summed E-state index contributed by atoms with van der Waals surface area (Å²) in [6, 6.07) is 4.15. The van der Waals surface area contributed by atoms with Crippen LogP contribution in [0.3, 0.4) is 0 Å². The van der Waals surface area contributed by atoms with Crippen LogP contribution in [0.25, 0.3) is 5.65 Å². The first-order valence-corrected chi connectivity index (χ1v) is 12.2. The zero-order chi connectivity index (χ0) is 21.1. The molecule has 30 heavy (non-hydrogen) atoms. The van der Waals surface area contributed by atoms with E-state index in [2.05, 4.69) is 26.8 Å². The highest BCUT2D eigenvalue weighted by Crippen LogP contribution is 2.33. The predicted octanol–water partition coefficient (Wildman–Crippen LogP) is 5.63. The molecule has 2 fully saturated rings. The number of amides is 1. The average Bonchev–Trinajstić information content (AvgIpc) is 2.99. The highest BCUT2D eigenvalue weighted by Gasteiger charge is 2.24. The second kappa shape index (κ2) is 9.49. The lowest BCUT2D eigenvalue weighted by molar-refractivity contribution is 0.0755. The molecule has 0 bridgehead atoms. The number of nitrogens with zero attached hydrogens (tertiary/aromatic N) is 4. The lowest BCUT2D eigenvalue weighted by Gasteiger charge is -2.27. The zero-order valence-corrected chi connectivity index (χ0v) is 19.1. The molecule has 2 aromatic rings. The Morgan fingerprint density at radius 1 is 1.03 bits per heavy atom. The first-order valence-electron chi connectivity index (χ1n) is 12.2. The van der Waals surface area contributed by atoms with E-state index in [9.17, 15) is 4.79 Å². The number of hydrogen-bond donors (Lipinski definition) is 0. The van der Waals surface area contributed by atoms with Crippen LogP contribution in [-0.4, -0.2) is 38.5 Å². The minimum Gasteiger partial charge on any atom is -0.337 e. The molecule has 5 nitrogen and oxygen atoms in total. The number of aromatic nitrogens is 3. The van der Waals surface area contributed by atoms with Gasteiger partial charge in [-0.15, -0.1) is 0 Å². The van der Waals surface area contributed by atoms with E-state index >= 15 is 0 Å². The van der Waals surface area contributed by atoms with Gasteiger partial charge in [0.05, 0.1) is 0 Å². The van der Waals surface area contributed by atoms with Gasteiger partial charge in [0.25, 0.3) is 5.91 Å². The van der Waals surface area contributed by atoms with Crippen LogP contribution >= 0.6 is 0 Å². The summed E-state index contributed by atoms with van der Waals surface area (Å²) in [7, 11) is 0. The van der Waals surface area contributed by atoms with E-state index in [-0.39, 0.29) is 5.91 Å². The standard InChI is InChI=1S/C25H38N4O/c1-4-19-9-11-20(12-10-19)15-21-16-23(18(2)3)29-24(26-21)17-22(27-29)25(30)28-13-7-5-6-8-14-28/h16-20H,4-15H2,1-3H3. The topological polar surface area (TPSA) is 50.5 Å². The normalized spacial score (nSPS) is 23.1. The highest BCUT2D eigenvalue weighted by atomic mass is 16.2. The molecule has 1 amide bonds. The van der Waals surface area contributed by atoms with Gasteiger partial charge in [0.1, 0.15) is 0 Å². The Labute approximate surface area is 181 Å². The molecule has 3 heterocycles. The maximum absolute atomic E-state index is 13.1. The third-order valence-electron chi connectivity index (χ3n) is 7.25. The summed E-state index contributed by atoms with van der Waals surface area (Å²) < 4.78 is 1.91. The van der Waals surface area contributed by atoms with Crippen molar-refractivity contribution in [3.8, 4) is 0 Å². The molecule has 1 aliphatic carbocycles. The summed E-state index contributed by atoms with van der Waals surface area (Å²) in [6.07, 6.45) is 12.4. The molecule has 0 aromatic carbocycles. The van der Waals surface area contributed by atoms with Crippen molar-refractivity contribution in [3.05, 3.63) is 29.2 Å². The van der Waals surface area contributed by atoms with E-state index in [4.69, 9.17) is 10.1 Å². The SMILES string of the molecule is CCC1CCC(Cc2cc(C(C)C)n3nc(C(=O)N4CCCCCC4)cc3n2)CC1. The molecule has 1 saturated carbocycles. The number of carbonyl (C=O) groups excluding carboxylic acids is 1. The fourth-order valence-electron chi connectivity index (χ4n) is 5.25. The lowest BCUT2D eigenvalue weighted by Crippen LogP contribution is -2.32. The zero-order valence-electron chi connectivity index (χ0n) is 19.1. The molecule has 2 aromatic heterocycles. The number of rotatable bonds is 5. The molecular formula is C25H38N4O. The second-order valence-electron chi connectivity index (χ2n) is 9.83. The van der Waals surface area contributed by atoms with Gasteiger partial charge in [0, 0.05) is 30.5 Å². The molecule has 0 spiro atoms. The Morgan fingerprint density at radius 2 is 1.70 bits per heavy atom. The van der Waals surface area contributed by atoms with Crippen LogP contribution < -0.4 is 0 Å². The van der Waals surface area contributed by atoms with E-state index in [1.54, 1.807) is 0 Å². The Kier molecular flexibility index (Phi) is 6.74. The second-order valence-corrected chi connectivity index (χ2v) is 9.83. The molecule has 0 unspecified atom stereocenters. The fourth-order valence-corrected chi connectivity index (χ4v) is 5.25. The van der Waals surface area contributed by atoms with Crippen molar-refractivity contribution in [1.82, 2.24) is 19.5 Å². The van der Waals surface area contributed by atoms with E-state index < -0.39 is 0 Å². The maximum atomic E-state index is 13.1. The predicted molar refractivity (Wildman–Crippen MR) is 121 cm³/mol. The van der Waals surface area contributed by atoms with Crippen LogP contribution in [0, 0.1) is 11.8 Å². The number of hydrogen-bond acceptors (Lipinski definition) is 3. The maximum Gasteiger partial charge on any atom is 0.274 e. The van der Waals surface area contributed by atoms with Crippen molar-refractivity contribution >= 4 is 11.6 Å². The van der Waals surface area contributed by atoms with Crippen LogP contribution in [0.2, 0.25) is 0 Å². The van der Waals surface area contributed by atoms with Gasteiger partial charge in [-0.3, -0.25) is 4.79 Å². The van der Waals surface area contributed by atoms with E-state index in [0.717, 1.165) is 55.5 Å². The van der Waals surface area contributed by atoms with Crippen LogP contribution in [0.1, 0.15) is 106 Å². The van der Waals surface area contributed by atoms with Gasteiger partial charge in [-0.05, 0) is 55.9 Å². The van der Waals surface area contributed by atoms with Crippen LogP contribution in [0.4, 0.5) is 0 Å². The van der Waals surface area contributed by atoms with Crippen molar-refractivity contribution in [2.45, 2.75) is 90.9 Å². The first kappa shape index (κ1) is 21.3. The van der Waals surface area contributed by atoms with Crippen molar-refractivity contribution in [1.29, 1.82) is 0 Å². The Morgan fingerprint density at radius 3 is 2.33 bits per heavy atom. The van der Waals surface area contributed by atoms with Gasteiger partial charge < -0.3 is 4.90 Å². The molecule has 5 heteroatoms. The van der Waals surface area contributed by atoms with Crippen LogP contribution in [-0.2, 0) is 6.42 Å². The third-order valence-corrected chi connectivity index (χ3v) is 7.25. The van der Waals surface area contributed by atoms with Gasteiger partial charge in [-0.2, -0.15) is 5.10 Å². The van der Waals surface area contributed by atoms with Gasteiger partial charge in [-0.25, -0.2) is 9.50 Å². The van der Waals surface area contributed by atoms with Crippen molar-refractivity contribution in [2.75, 3.05) is 13.1 Å². The summed E-state index contributed by atoms with van der Waals surface area (Å²) in [5.74, 6) is 2.07. The lowest BCUT2D eigenvalue weighted by atomic mass is 9.79. The van der Waals surface area contributed by atoms with E-state index in [0.29, 0.717) is 11.6 Å². The first-order chi connectivity index (χ1) is 14.5. The molecule has 1 saturated heterocycles. The molecule has 2 aliphatic rings. The molecule has 164 valence electrons. The van der Waals surface area contributed by atoms with Crippen molar-refractivity contribution in [2.24, 2.45) is 11.8 Å². The van der Waals surface area contributed by atoms with E-state index in [1.165, 1.54) is 50.6 Å². The smallest absolute Gasteiger partial charge is 0.274 e. The number of fused-ring (bicyclic) bond motifs is 1. The van der Waals surface area contributed by atoms with Gasteiger partial charge in [0.15, 0.2) is 11.3 Å². The van der Waals surface area contributed by atoms with Gasteiger partial charge in [0.2, 0.25) is 0 Å². The number of likely N-dealkylation sites (tertiary alicyclic amines) is 1. The Hall–Kier alpha value is -1.91. The van der Waals surface area contributed by atoms with Crippen LogP contribution in [0.5, 0.6) is 0 Å². The summed E-state index contributed by atoms with van der Waals surface area (Å²) in [5.41, 5.74) is 3.70. The van der Waals surface area contributed by atoms with Gasteiger partial charge >= 0.3 is 0 Å². The van der Waals surface area contributed by atoms with Crippen molar-refractivity contribution < 1.29 is 4.79 Å². The summed E-state index contributed by atoms with van der Waals surface area (Å²) in [4.78, 5) is 20.0. The van der Waals surface area contributed by atoms with E-state index in [1.807, 2.05) is 15.5 Å². The van der Waals surface area contributed by atoms with Gasteiger partial charge in [-0.1, -0.05) is 52.9 Å². The molecule has 0 N–H and O–H groups in total. The Bertz CT molecular complexity index is 855. The average molecular weight is 411 g/mol. The quantitative estimate of drug-likeness (QED) is 0.642. The summed E-state index contributed by atoms with van der Waals surface area (Å²) in [6.45, 7) is 8.41. The fraction of sp³-hybridized carbons (Fsp3) is 0.720. The minimum absolute atomic E-state index is 0.0662. The summed E-state index contributed by atoms with van der Waals surface area (Å²) in [5, 5.41) is 4.71. The summed E-state index contributed by atoms with van der Waals surface area (Å²) >= 11 is 0. The minimum atomic E-state index is 0.0662. The third kappa shape index (κ3) is 4.70. The monoisotopic (exact) mass is 410 g/mol. The number of carbonyl (C=O) groups is 1. The van der Waals surface area contributed by atoms with Crippen LogP contribution in [0.15, 0.2) is 12.1 Å².